The van der Waals surface area contributed by atoms with Crippen LogP contribution < -0.4 is 5.32 Å². The van der Waals surface area contributed by atoms with E-state index in [0.717, 1.165) is 5.56 Å². The van der Waals surface area contributed by atoms with E-state index in [1.165, 1.54) is 7.11 Å². The lowest BCUT2D eigenvalue weighted by atomic mass is 10.2. The Hall–Kier alpha value is -1.95. The predicted molar refractivity (Wildman–Crippen MR) is 64.0 cm³/mol. The number of rotatable bonds is 7. The highest BCUT2D eigenvalue weighted by atomic mass is 16.5. The van der Waals surface area contributed by atoms with E-state index in [0.29, 0.717) is 0 Å². The van der Waals surface area contributed by atoms with Gasteiger partial charge in [-0.3, -0.25) is 14.6 Å². The Labute approximate surface area is 105 Å². The molecule has 0 bridgehead atoms. The summed E-state index contributed by atoms with van der Waals surface area (Å²) >= 11 is 0. The Morgan fingerprint density at radius 1 is 1.56 bits per heavy atom. The van der Waals surface area contributed by atoms with E-state index in [4.69, 9.17) is 9.84 Å². The van der Waals surface area contributed by atoms with Gasteiger partial charge in [-0.2, -0.15) is 0 Å². The largest absolute Gasteiger partial charge is 0.481 e. The highest BCUT2D eigenvalue weighted by molar-refractivity contribution is 5.78. The minimum absolute atomic E-state index is 0.135. The van der Waals surface area contributed by atoms with Gasteiger partial charge in [0.25, 0.3) is 0 Å². The molecular formula is C12H16N2O4. The third-order valence-electron chi connectivity index (χ3n) is 2.35. The fraction of sp³-hybridized carbons (Fsp3) is 0.417. The van der Waals surface area contributed by atoms with Crippen molar-refractivity contribution in [3.05, 3.63) is 30.1 Å². The molecule has 0 aliphatic heterocycles. The van der Waals surface area contributed by atoms with Crippen LogP contribution in [0.15, 0.2) is 24.5 Å². The van der Waals surface area contributed by atoms with Gasteiger partial charge in [-0.05, 0) is 11.6 Å². The van der Waals surface area contributed by atoms with Crippen molar-refractivity contribution in [1.82, 2.24) is 10.3 Å². The zero-order valence-electron chi connectivity index (χ0n) is 10.1. The molecule has 6 nitrogen and oxygen atoms in total. The summed E-state index contributed by atoms with van der Waals surface area (Å²) < 4.78 is 4.95. The Balaban J connectivity index is 2.34. The number of pyridine rings is 1. The van der Waals surface area contributed by atoms with Crippen LogP contribution in [-0.2, 0) is 20.7 Å². The molecular weight excluding hydrogens is 236 g/mol. The second-order valence-corrected chi connectivity index (χ2v) is 3.80. The van der Waals surface area contributed by atoms with Gasteiger partial charge in [0.15, 0.2) is 0 Å². The van der Waals surface area contributed by atoms with Crippen LogP contribution in [0.1, 0.15) is 12.0 Å². The molecule has 1 rings (SSSR count). The monoisotopic (exact) mass is 252 g/mol. The number of aromatic nitrogens is 1. The third kappa shape index (κ3) is 5.40. The lowest BCUT2D eigenvalue weighted by Crippen LogP contribution is -2.35. The van der Waals surface area contributed by atoms with Gasteiger partial charge in [0, 0.05) is 26.0 Å². The molecule has 18 heavy (non-hydrogen) atoms. The average molecular weight is 252 g/mol. The first-order chi connectivity index (χ1) is 8.61. The molecule has 0 fully saturated rings. The van der Waals surface area contributed by atoms with Gasteiger partial charge < -0.3 is 15.2 Å². The zero-order chi connectivity index (χ0) is 13.4. The van der Waals surface area contributed by atoms with E-state index < -0.39 is 12.1 Å². The number of aliphatic carboxylic acids is 1. The molecule has 0 aliphatic carbocycles. The van der Waals surface area contributed by atoms with Crippen LogP contribution in [0.5, 0.6) is 0 Å². The topological polar surface area (TPSA) is 88.5 Å². The summed E-state index contributed by atoms with van der Waals surface area (Å²) in [5.74, 6) is -1.14. The number of nitrogens with zero attached hydrogens (tertiary/aromatic N) is 1. The number of methoxy groups -OCH3 is 1. The van der Waals surface area contributed by atoms with Crippen molar-refractivity contribution < 1.29 is 19.4 Å². The fourth-order valence-electron chi connectivity index (χ4n) is 1.41. The maximum Gasteiger partial charge on any atom is 0.306 e. The van der Waals surface area contributed by atoms with Gasteiger partial charge >= 0.3 is 5.97 Å². The molecule has 0 saturated heterocycles. The number of hydrogen-bond acceptors (Lipinski definition) is 4. The average Bonchev–Trinajstić information content (AvgIpc) is 2.35. The standard InChI is InChI=1S/C12H16N2O4/c1-18-10(6-12(16)17)8-14-11(15)5-9-3-2-4-13-7-9/h2-4,7,10H,5-6,8H2,1H3,(H,14,15)(H,16,17). The van der Waals surface area contributed by atoms with E-state index in [2.05, 4.69) is 10.3 Å². The van der Waals surface area contributed by atoms with E-state index >= 15 is 0 Å². The van der Waals surface area contributed by atoms with E-state index in [1.54, 1.807) is 24.5 Å². The quantitative estimate of drug-likeness (QED) is 0.725. The van der Waals surface area contributed by atoms with Crippen LogP contribution in [0, 0.1) is 0 Å². The van der Waals surface area contributed by atoms with E-state index in [1.807, 2.05) is 0 Å². The molecule has 6 heteroatoms. The number of nitrogens with one attached hydrogen (secondary N) is 1. The lowest BCUT2D eigenvalue weighted by Gasteiger charge is -2.13. The highest BCUT2D eigenvalue weighted by Gasteiger charge is 2.13. The maximum absolute atomic E-state index is 11.6. The van der Waals surface area contributed by atoms with Crippen molar-refractivity contribution >= 4 is 11.9 Å². The van der Waals surface area contributed by atoms with Crippen molar-refractivity contribution in [2.75, 3.05) is 13.7 Å². The highest BCUT2D eigenvalue weighted by Crippen LogP contribution is 1.98. The molecule has 0 aromatic carbocycles. The van der Waals surface area contributed by atoms with Gasteiger partial charge in [0.05, 0.1) is 18.9 Å². The number of ether oxygens (including phenoxy) is 1. The minimum Gasteiger partial charge on any atom is -0.481 e. The maximum atomic E-state index is 11.6. The Morgan fingerprint density at radius 3 is 2.89 bits per heavy atom. The Bertz CT molecular complexity index is 394. The zero-order valence-corrected chi connectivity index (χ0v) is 10.1. The third-order valence-corrected chi connectivity index (χ3v) is 2.35. The van der Waals surface area contributed by atoms with Gasteiger partial charge in [0.2, 0.25) is 5.91 Å². The van der Waals surface area contributed by atoms with Crippen LogP contribution in [0.4, 0.5) is 0 Å². The molecule has 1 heterocycles. The van der Waals surface area contributed by atoms with Crippen LogP contribution in [0.3, 0.4) is 0 Å². The first kappa shape index (κ1) is 14.1. The van der Waals surface area contributed by atoms with Crippen molar-refractivity contribution in [3.8, 4) is 0 Å². The summed E-state index contributed by atoms with van der Waals surface area (Å²) in [5.41, 5.74) is 0.808. The molecule has 1 aromatic heterocycles. The molecule has 1 unspecified atom stereocenters. The number of carboxylic acid groups (broad SMARTS) is 1. The summed E-state index contributed by atoms with van der Waals surface area (Å²) in [7, 11) is 1.42. The molecule has 1 aromatic rings. The second-order valence-electron chi connectivity index (χ2n) is 3.80. The Kier molecular flexibility index (Phi) is 5.79. The minimum atomic E-state index is -0.955. The van der Waals surface area contributed by atoms with Crippen LogP contribution in [-0.4, -0.2) is 41.7 Å². The van der Waals surface area contributed by atoms with Gasteiger partial charge in [-0.25, -0.2) is 0 Å². The molecule has 0 aliphatic rings. The second kappa shape index (κ2) is 7.39. The summed E-state index contributed by atoms with van der Waals surface area (Å²) in [4.78, 5) is 26.0. The summed E-state index contributed by atoms with van der Waals surface area (Å²) in [5, 5.41) is 11.2. The predicted octanol–water partition coefficient (Wildman–Crippen LogP) is 0.230. The van der Waals surface area contributed by atoms with E-state index in [9.17, 15) is 9.59 Å². The number of carbonyl (C=O) groups is 2. The lowest BCUT2D eigenvalue weighted by molar-refractivity contribution is -0.140. The summed E-state index contributed by atoms with van der Waals surface area (Å²) in [6.45, 7) is 0.182. The van der Waals surface area contributed by atoms with Crippen molar-refractivity contribution in [2.24, 2.45) is 0 Å². The summed E-state index contributed by atoms with van der Waals surface area (Å²) in [6.07, 6.45) is 2.82. The normalized spacial score (nSPS) is 11.8. The molecule has 2 N–H and O–H groups in total. The van der Waals surface area contributed by atoms with Crippen molar-refractivity contribution in [2.45, 2.75) is 18.9 Å². The summed E-state index contributed by atoms with van der Waals surface area (Å²) in [6, 6.07) is 3.56. The van der Waals surface area contributed by atoms with Gasteiger partial charge in [0.1, 0.15) is 0 Å². The smallest absolute Gasteiger partial charge is 0.306 e. The molecule has 98 valence electrons. The fourth-order valence-corrected chi connectivity index (χ4v) is 1.41. The van der Waals surface area contributed by atoms with E-state index in [-0.39, 0.29) is 25.3 Å². The SMILES string of the molecule is COC(CNC(=O)Cc1cccnc1)CC(=O)O. The van der Waals surface area contributed by atoms with Crippen LogP contribution >= 0.6 is 0 Å². The van der Waals surface area contributed by atoms with Crippen LogP contribution in [0.25, 0.3) is 0 Å². The molecule has 0 radical (unpaired) electrons. The molecule has 1 atom stereocenters. The first-order valence-electron chi connectivity index (χ1n) is 5.52. The molecule has 1 amide bonds. The number of hydrogen-bond donors (Lipinski definition) is 2. The number of amides is 1. The van der Waals surface area contributed by atoms with Crippen molar-refractivity contribution in [3.63, 3.8) is 0 Å². The first-order valence-corrected chi connectivity index (χ1v) is 5.52. The van der Waals surface area contributed by atoms with Gasteiger partial charge in [-0.1, -0.05) is 6.07 Å². The molecule has 0 saturated carbocycles. The molecule has 0 spiro atoms. The number of carboxylic acids is 1. The van der Waals surface area contributed by atoms with Crippen LogP contribution in [0.2, 0.25) is 0 Å². The van der Waals surface area contributed by atoms with Gasteiger partial charge in [-0.15, -0.1) is 0 Å². The van der Waals surface area contributed by atoms with Crippen molar-refractivity contribution in [1.29, 1.82) is 0 Å². The number of carbonyl (C=O) groups excluding carboxylic acids is 1. The Morgan fingerprint density at radius 2 is 2.33 bits per heavy atom.